The molecular formula is C20H19N3O4. The van der Waals surface area contributed by atoms with Gasteiger partial charge in [-0.05, 0) is 43.7 Å². The predicted octanol–water partition coefficient (Wildman–Crippen LogP) is 2.29. The van der Waals surface area contributed by atoms with E-state index in [4.69, 9.17) is 0 Å². The van der Waals surface area contributed by atoms with Crippen molar-refractivity contribution in [2.75, 3.05) is 11.9 Å². The second-order valence-corrected chi connectivity index (χ2v) is 6.49. The van der Waals surface area contributed by atoms with Crippen molar-refractivity contribution in [2.45, 2.75) is 19.4 Å². The summed E-state index contributed by atoms with van der Waals surface area (Å²) in [5.41, 5.74) is 0.441. The number of amides is 4. The first-order chi connectivity index (χ1) is 12.8. The van der Waals surface area contributed by atoms with Crippen molar-refractivity contribution in [2.24, 2.45) is 0 Å². The van der Waals surface area contributed by atoms with E-state index in [9.17, 15) is 19.2 Å². The second-order valence-electron chi connectivity index (χ2n) is 6.49. The summed E-state index contributed by atoms with van der Waals surface area (Å²) < 4.78 is 0. The molecule has 3 rings (SSSR count). The number of hydrogen-bond donors (Lipinski definition) is 2. The van der Waals surface area contributed by atoms with Crippen molar-refractivity contribution in [1.29, 1.82) is 0 Å². The topological polar surface area (TPSA) is 95.6 Å². The fourth-order valence-electron chi connectivity index (χ4n) is 2.94. The van der Waals surface area contributed by atoms with Gasteiger partial charge in [-0.1, -0.05) is 30.3 Å². The van der Waals surface area contributed by atoms with E-state index >= 15 is 0 Å². The molecule has 7 heteroatoms. The van der Waals surface area contributed by atoms with Crippen molar-refractivity contribution in [1.82, 2.24) is 10.2 Å². The summed E-state index contributed by atoms with van der Waals surface area (Å²) in [6.07, 6.45) is 0. The SMILES string of the molecule is CC(=O)c1ccc(NC(=O)CN2C(=O)N[C@](C)(c3ccccc3)C2=O)cc1. The highest BCUT2D eigenvalue weighted by Gasteiger charge is 2.49. The number of Topliss-reactive ketones (excluding diaryl/α,β-unsaturated/α-hetero) is 1. The van der Waals surface area contributed by atoms with Gasteiger partial charge in [-0.25, -0.2) is 4.79 Å². The van der Waals surface area contributed by atoms with Crippen LogP contribution in [0.25, 0.3) is 0 Å². The molecule has 2 N–H and O–H groups in total. The number of carbonyl (C=O) groups is 4. The highest BCUT2D eigenvalue weighted by molar-refractivity contribution is 6.10. The number of imide groups is 1. The number of anilines is 1. The Labute approximate surface area is 156 Å². The van der Waals surface area contributed by atoms with E-state index in [2.05, 4.69) is 10.6 Å². The minimum Gasteiger partial charge on any atom is -0.325 e. The maximum Gasteiger partial charge on any atom is 0.325 e. The van der Waals surface area contributed by atoms with Gasteiger partial charge in [0, 0.05) is 11.3 Å². The Morgan fingerprint density at radius 2 is 1.67 bits per heavy atom. The van der Waals surface area contributed by atoms with E-state index in [-0.39, 0.29) is 5.78 Å². The van der Waals surface area contributed by atoms with Crippen LogP contribution in [0.3, 0.4) is 0 Å². The summed E-state index contributed by atoms with van der Waals surface area (Å²) in [5, 5.41) is 5.27. The fourth-order valence-corrected chi connectivity index (χ4v) is 2.94. The first-order valence-electron chi connectivity index (χ1n) is 8.42. The van der Waals surface area contributed by atoms with Crippen molar-refractivity contribution >= 4 is 29.3 Å². The maximum atomic E-state index is 12.8. The lowest BCUT2D eigenvalue weighted by atomic mass is 9.92. The summed E-state index contributed by atoms with van der Waals surface area (Å²) in [6.45, 7) is 2.66. The molecule has 0 aliphatic carbocycles. The van der Waals surface area contributed by atoms with Crippen LogP contribution in [0.1, 0.15) is 29.8 Å². The zero-order valence-electron chi connectivity index (χ0n) is 15.0. The van der Waals surface area contributed by atoms with Gasteiger partial charge < -0.3 is 10.6 Å². The molecule has 1 aliphatic rings. The monoisotopic (exact) mass is 365 g/mol. The molecule has 0 aromatic heterocycles. The van der Waals surface area contributed by atoms with Crippen LogP contribution in [-0.2, 0) is 15.1 Å². The standard InChI is InChI=1S/C20H19N3O4/c1-13(24)14-8-10-16(11-9-14)21-17(25)12-23-18(26)20(2,22-19(23)27)15-6-4-3-5-7-15/h3-11H,12H2,1-2H3,(H,21,25)(H,22,27)/t20-/m1/s1. The number of benzene rings is 2. The largest absolute Gasteiger partial charge is 0.325 e. The molecular weight excluding hydrogens is 346 g/mol. The molecule has 7 nitrogen and oxygen atoms in total. The van der Waals surface area contributed by atoms with Crippen LogP contribution in [0.2, 0.25) is 0 Å². The van der Waals surface area contributed by atoms with Gasteiger partial charge in [0.25, 0.3) is 5.91 Å². The number of hydrogen-bond acceptors (Lipinski definition) is 4. The molecule has 0 spiro atoms. The molecule has 0 unspecified atom stereocenters. The lowest BCUT2D eigenvalue weighted by Crippen LogP contribution is -2.42. The van der Waals surface area contributed by atoms with Gasteiger partial charge in [-0.3, -0.25) is 19.3 Å². The summed E-state index contributed by atoms with van der Waals surface area (Å²) in [4.78, 5) is 49.5. The fraction of sp³-hybridized carbons (Fsp3) is 0.200. The van der Waals surface area contributed by atoms with E-state index in [1.54, 1.807) is 55.5 Å². The van der Waals surface area contributed by atoms with E-state index in [1.165, 1.54) is 6.92 Å². The molecule has 0 bridgehead atoms. The number of carbonyl (C=O) groups excluding carboxylic acids is 4. The van der Waals surface area contributed by atoms with Gasteiger partial charge in [-0.2, -0.15) is 0 Å². The Kier molecular flexibility index (Phi) is 4.77. The summed E-state index contributed by atoms with van der Waals surface area (Å²) in [5.74, 6) is -1.07. The summed E-state index contributed by atoms with van der Waals surface area (Å²) in [6, 6.07) is 14.6. The molecule has 1 aliphatic heterocycles. The van der Waals surface area contributed by atoms with Crippen LogP contribution in [-0.4, -0.2) is 35.1 Å². The van der Waals surface area contributed by atoms with E-state index in [0.717, 1.165) is 4.90 Å². The highest BCUT2D eigenvalue weighted by atomic mass is 16.2. The number of urea groups is 1. The lowest BCUT2D eigenvalue weighted by Gasteiger charge is -2.22. The Balaban J connectivity index is 1.70. The molecule has 1 fully saturated rings. The number of rotatable bonds is 5. The summed E-state index contributed by atoms with van der Waals surface area (Å²) in [7, 11) is 0. The molecule has 4 amide bonds. The Bertz CT molecular complexity index is 909. The lowest BCUT2D eigenvalue weighted by molar-refractivity contribution is -0.133. The van der Waals surface area contributed by atoms with Crippen LogP contribution in [0, 0.1) is 0 Å². The van der Waals surface area contributed by atoms with Crippen LogP contribution in [0.5, 0.6) is 0 Å². The molecule has 27 heavy (non-hydrogen) atoms. The van der Waals surface area contributed by atoms with Crippen LogP contribution >= 0.6 is 0 Å². The molecule has 1 heterocycles. The number of nitrogens with one attached hydrogen (secondary N) is 2. The van der Waals surface area contributed by atoms with Gasteiger partial charge in [0.05, 0.1) is 0 Å². The van der Waals surface area contributed by atoms with Crippen molar-refractivity contribution in [3.05, 3.63) is 65.7 Å². The van der Waals surface area contributed by atoms with Crippen molar-refractivity contribution < 1.29 is 19.2 Å². The van der Waals surface area contributed by atoms with E-state index in [0.29, 0.717) is 16.8 Å². The minimum absolute atomic E-state index is 0.0765. The molecule has 138 valence electrons. The van der Waals surface area contributed by atoms with Crippen LogP contribution in [0.15, 0.2) is 54.6 Å². The molecule has 1 saturated heterocycles. The normalized spacial score (nSPS) is 19.0. The molecule has 0 saturated carbocycles. The van der Waals surface area contributed by atoms with Gasteiger partial charge in [-0.15, -0.1) is 0 Å². The molecule has 2 aromatic carbocycles. The van der Waals surface area contributed by atoms with Crippen molar-refractivity contribution in [3.8, 4) is 0 Å². The zero-order chi connectivity index (χ0) is 19.6. The van der Waals surface area contributed by atoms with Gasteiger partial charge in [0.15, 0.2) is 5.78 Å². The van der Waals surface area contributed by atoms with E-state index in [1.807, 2.05) is 6.07 Å². The quantitative estimate of drug-likeness (QED) is 0.628. The van der Waals surface area contributed by atoms with Gasteiger partial charge >= 0.3 is 6.03 Å². The van der Waals surface area contributed by atoms with Gasteiger partial charge in [0.2, 0.25) is 5.91 Å². The Morgan fingerprint density at radius 3 is 2.26 bits per heavy atom. The van der Waals surface area contributed by atoms with E-state index < -0.39 is 29.9 Å². The average Bonchev–Trinajstić information content (AvgIpc) is 2.87. The Morgan fingerprint density at radius 1 is 1.04 bits per heavy atom. The van der Waals surface area contributed by atoms with Crippen molar-refractivity contribution in [3.63, 3.8) is 0 Å². The average molecular weight is 365 g/mol. The third kappa shape index (κ3) is 3.57. The third-order valence-corrected chi connectivity index (χ3v) is 4.50. The number of nitrogens with zero attached hydrogens (tertiary/aromatic N) is 1. The molecule has 2 aromatic rings. The second kappa shape index (κ2) is 7.03. The minimum atomic E-state index is -1.21. The summed E-state index contributed by atoms with van der Waals surface area (Å²) >= 11 is 0. The first-order valence-corrected chi connectivity index (χ1v) is 8.42. The molecule has 1 atom stereocenters. The highest BCUT2D eigenvalue weighted by Crippen LogP contribution is 2.28. The third-order valence-electron chi connectivity index (χ3n) is 4.50. The first kappa shape index (κ1) is 18.3. The molecule has 0 radical (unpaired) electrons. The predicted molar refractivity (Wildman–Crippen MR) is 99.1 cm³/mol. The maximum absolute atomic E-state index is 12.8. The van der Waals surface area contributed by atoms with Crippen LogP contribution in [0.4, 0.5) is 10.5 Å². The van der Waals surface area contributed by atoms with Gasteiger partial charge in [0.1, 0.15) is 12.1 Å². The smallest absolute Gasteiger partial charge is 0.325 e. The Hall–Kier alpha value is -3.48. The number of ketones is 1. The van der Waals surface area contributed by atoms with Crippen LogP contribution < -0.4 is 10.6 Å². The zero-order valence-corrected chi connectivity index (χ0v) is 15.0.